The van der Waals surface area contributed by atoms with Crippen LogP contribution in [0.15, 0.2) is 182 Å². The number of likely N-dealkylation sites (N-methyl/N-ethyl adjacent to an activating group) is 1. The molecule has 0 saturated carbocycles. The highest BCUT2D eigenvalue weighted by Gasteiger charge is 2.23. The van der Waals surface area contributed by atoms with Crippen molar-refractivity contribution >= 4 is 13.7 Å². The minimum Gasteiger partial charge on any atom is -0.756 e. The standard InChI is InChI=1S/C66H105N2O6P/c1-6-8-10-12-14-16-18-20-22-23-24-25-26-27-28-29-30-31-32-33-34-35-36-37-38-39-40-41-42-43-44-45-46-48-50-52-54-56-58-60-66(70)67-64(63-74-75(71,72)73-62-61-68(3,4)5)65(69)59-57-55-53-51-49-47-21-19-17-15-13-11-9-7-2/h8,10,14,16-17,19-20,22,24-25,27-28,30-31,33-34,36-37,39-40,42-43,45-46,49-52,57,59,64-65,69H,6-7,9,11-13,15,18,21,23,26,29,32,35,38,41,44,47-48,53-56,58,60-63H2,1-5H3,(H-,67,70,71,72)/b10-8-,16-14-,19-17+,22-20-,25-24-,28-27-,31-30-,34-33-,37-36-,40-39-,43-42-,46-45-,51-49+,52-50-,59-57+. The number of allylic oxidation sites excluding steroid dienone is 29. The minimum absolute atomic E-state index is 0.0283. The lowest BCUT2D eigenvalue weighted by Gasteiger charge is -2.29. The molecule has 3 unspecified atom stereocenters. The summed E-state index contributed by atoms with van der Waals surface area (Å²) in [6.07, 6.45) is 88.4. The number of hydrogen-bond acceptors (Lipinski definition) is 6. The Kier molecular flexibility index (Phi) is 51.2. The maximum atomic E-state index is 12.9. The molecule has 0 radical (unpaired) electrons. The lowest BCUT2D eigenvalue weighted by atomic mass is 10.1. The van der Waals surface area contributed by atoms with Gasteiger partial charge in [0.2, 0.25) is 5.91 Å². The van der Waals surface area contributed by atoms with Crippen molar-refractivity contribution in [2.24, 2.45) is 0 Å². The molecule has 2 N–H and O–H groups in total. The summed E-state index contributed by atoms with van der Waals surface area (Å²) in [4.78, 5) is 25.4. The Bertz CT molecular complexity index is 1860. The number of nitrogens with one attached hydrogen (secondary N) is 1. The van der Waals surface area contributed by atoms with Crippen molar-refractivity contribution in [3.8, 4) is 0 Å². The number of phosphoric ester groups is 1. The number of unbranched alkanes of at least 4 members (excludes halogenated alkanes) is 8. The van der Waals surface area contributed by atoms with Crippen LogP contribution >= 0.6 is 7.82 Å². The van der Waals surface area contributed by atoms with Crippen molar-refractivity contribution in [2.45, 2.75) is 187 Å². The van der Waals surface area contributed by atoms with Crippen LogP contribution in [0.25, 0.3) is 0 Å². The molecular formula is C66H105N2O6P. The molecular weight excluding hydrogens is 948 g/mol. The number of quaternary nitrogens is 1. The first-order valence-electron chi connectivity index (χ1n) is 28.6. The first-order valence-corrected chi connectivity index (χ1v) is 30.1. The van der Waals surface area contributed by atoms with Crippen molar-refractivity contribution in [3.63, 3.8) is 0 Å². The van der Waals surface area contributed by atoms with Crippen LogP contribution in [-0.2, 0) is 18.4 Å². The fourth-order valence-electron chi connectivity index (χ4n) is 6.87. The Balaban J connectivity index is 4.31. The number of phosphoric acid groups is 1. The summed E-state index contributed by atoms with van der Waals surface area (Å²) in [5.41, 5.74) is 0. The van der Waals surface area contributed by atoms with E-state index in [0.29, 0.717) is 23.9 Å². The molecule has 0 aromatic rings. The second-order valence-corrected chi connectivity index (χ2v) is 20.9. The van der Waals surface area contributed by atoms with Crippen molar-refractivity contribution < 1.29 is 32.9 Å². The summed E-state index contributed by atoms with van der Waals surface area (Å²) >= 11 is 0. The quantitative estimate of drug-likeness (QED) is 0.0272. The van der Waals surface area contributed by atoms with E-state index in [-0.39, 0.29) is 18.9 Å². The summed E-state index contributed by atoms with van der Waals surface area (Å²) in [6.45, 7) is 4.41. The van der Waals surface area contributed by atoms with E-state index in [4.69, 9.17) is 9.05 Å². The van der Waals surface area contributed by atoms with Crippen LogP contribution < -0.4 is 10.2 Å². The number of carbonyl (C=O) groups is 1. The van der Waals surface area contributed by atoms with E-state index in [9.17, 15) is 19.4 Å². The maximum absolute atomic E-state index is 12.9. The predicted octanol–water partition coefficient (Wildman–Crippen LogP) is 17.2. The van der Waals surface area contributed by atoms with Gasteiger partial charge in [0.05, 0.1) is 39.9 Å². The van der Waals surface area contributed by atoms with Crippen LogP contribution in [-0.4, -0.2) is 68.5 Å². The van der Waals surface area contributed by atoms with Crippen molar-refractivity contribution in [2.75, 3.05) is 40.9 Å². The molecule has 9 heteroatoms. The van der Waals surface area contributed by atoms with Crippen molar-refractivity contribution in [3.05, 3.63) is 182 Å². The van der Waals surface area contributed by atoms with Gasteiger partial charge in [-0.3, -0.25) is 9.36 Å². The van der Waals surface area contributed by atoms with E-state index in [1.54, 1.807) is 6.08 Å². The molecule has 0 aromatic heterocycles. The lowest BCUT2D eigenvalue weighted by Crippen LogP contribution is -2.45. The summed E-state index contributed by atoms with van der Waals surface area (Å²) in [5, 5.41) is 13.8. The highest BCUT2D eigenvalue weighted by Crippen LogP contribution is 2.38. The number of amides is 1. The SMILES string of the molecule is CC/C=C\C/C=C\C/C=C\C/C=C\C/C=C\C/C=C\C/C=C\C/C=C\C/C=C\C/C=C\C/C=C\C/C=C\CCCCC(=O)NC(COP(=O)([O-])OCC[N+](C)(C)C)C(O)/C=C/CC/C=C/CC/C=C/CCCCCC. The van der Waals surface area contributed by atoms with Gasteiger partial charge in [0.25, 0.3) is 7.82 Å². The summed E-state index contributed by atoms with van der Waals surface area (Å²) in [5.74, 6) is -0.264. The average molecular weight is 1050 g/mol. The van der Waals surface area contributed by atoms with Gasteiger partial charge in [0.15, 0.2) is 0 Å². The van der Waals surface area contributed by atoms with E-state index in [1.807, 2.05) is 27.2 Å². The Labute approximate surface area is 459 Å². The molecule has 8 nitrogen and oxygen atoms in total. The van der Waals surface area contributed by atoms with Gasteiger partial charge in [-0.15, -0.1) is 0 Å². The molecule has 0 bridgehead atoms. The van der Waals surface area contributed by atoms with Gasteiger partial charge in [-0.1, -0.05) is 215 Å². The van der Waals surface area contributed by atoms with Gasteiger partial charge in [-0.05, 0) is 135 Å². The Morgan fingerprint density at radius 2 is 0.827 bits per heavy atom. The Morgan fingerprint density at radius 3 is 1.21 bits per heavy atom. The van der Waals surface area contributed by atoms with E-state index in [1.165, 1.54) is 25.7 Å². The summed E-state index contributed by atoms with van der Waals surface area (Å²) < 4.78 is 23.2. The van der Waals surface area contributed by atoms with Crippen LogP contribution in [0.2, 0.25) is 0 Å². The molecule has 0 fully saturated rings. The topological polar surface area (TPSA) is 108 Å². The van der Waals surface area contributed by atoms with Gasteiger partial charge in [-0.2, -0.15) is 0 Å². The molecule has 0 spiro atoms. The maximum Gasteiger partial charge on any atom is 0.268 e. The zero-order valence-electron chi connectivity index (χ0n) is 47.7. The molecule has 3 atom stereocenters. The Hall–Kier alpha value is -4.40. The number of carbonyl (C=O) groups excluding carboxylic acids is 1. The van der Waals surface area contributed by atoms with Gasteiger partial charge >= 0.3 is 0 Å². The van der Waals surface area contributed by atoms with Gasteiger partial charge < -0.3 is 28.8 Å². The molecule has 75 heavy (non-hydrogen) atoms. The number of nitrogens with zero attached hydrogens (tertiary/aromatic N) is 1. The molecule has 0 heterocycles. The summed E-state index contributed by atoms with van der Waals surface area (Å²) in [6, 6.07) is -0.947. The van der Waals surface area contributed by atoms with E-state index in [0.717, 1.165) is 116 Å². The first-order chi connectivity index (χ1) is 36.5. The third-order valence-corrected chi connectivity index (χ3v) is 12.3. The molecule has 0 aliphatic carbocycles. The first kappa shape index (κ1) is 70.6. The zero-order valence-corrected chi connectivity index (χ0v) is 48.6. The largest absolute Gasteiger partial charge is 0.756 e. The fraction of sp³-hybridized carbons (Fsp3) is 0.530. The number of rotatable bonds is 49. The lowest BCUT2D eigenvalue weighted by molar-refractivity contribution is -0.870. The molecule has 0 saturated heterocycles. The van der Waals surface area contributed by atoms with E-state index < -0.39 is 26.6 Å². The fourth-order valence-corrected chi connectivity index (χ4v) is 7.59. The molecule has 0 aliphatic heterocycles. The van der Waals surface area contributed by atoms with Crippen LogP contribution in [0.3, 0.4) is 0 Å². The highest BCUT2D eigenvalue weighted by molar-refractivity contribution is 7.45. The Morgan fingerprint density at radius 1 is 0.480 bits per heavy atom. The molecule has 0 aliphatic rings. The third kappa shape index (κ3) is 57.2. The van der Waals surface area contributed by atoms with Gasteiger partial charge in [-0.25, -0.2) is 0 Å². The van der Waals surface area contributed by atoms with Crippen LogP contribution in [0, 0.1) is 0 Å². The summed E-state index contributed by atoms with van der Waals surface area (Å²) in [7, 11) is 1.17. The molecule has 0 aromatic carbocycles. The van der Waals surface area contributed by atoms with Crippen LogP contribution in [0.4, 0.5) is 0 Å². The van der Waals surface area contributed by atoms with Gasteiger partial charge in [0, 0.05) is 6.42 Å². The van der Waals surface area contributed by atoms with Crippen molar-refractivity contribution in [1.82, 2.24) is 5.32 Å². The third-order valence-electron chi connectivity index (χ3n) is 11.3. The number of hydrogen-bond donors (Lipinski definition) is 2. The smallest absolute Gasteiger partial charge is 0.268 e. The number of aliphatic hydroxyl groups is 1. The van der Waals surface area contributed by atoms with Crippen LogP contribution in [0.1, 0.15) is 174 Å². The van der Waals surface area contributed by atoms with Gasteiger partial charge in [0.1, 0.15) is 13.2 Å². The molecule has 420 valence electrons. The highest BCUT2D eigenvalue weighted by atomic mass is 31.2. The second-order valence-electron chi connectivity index (χ2n) is 19.5. The normalized spacial score (nSPS) is 15.2. The van der Waals surface area contributed by atoms with E-state index >= 15 is 0 Å². The second kappa shape index (κ2) is 54.4. The molecule has 1 amide bonds. The monoisotopic (exact) mass is 1050 g/mol. The predicted molar refractivity (Wildman–Crippen MR) is 324 cm³/mol. The van der Waals surface area contributed by atoms with Crippen LogP contribution in [0.5, 0.6) is 0 Å². The minimum atomic E-state index is -4.63. The molecule has 0 rings (SSSR count). The van der Waals surface area contributed by atoms with E-state index in [2.05, 4.69) is 189 Å². The average Bonchev–Trinajstić information content (AvgIpc) is 3.37. The van der Waals surface area contributed by atoms with Crippen molar-refractivity contribution in [1.29, 1.82) is 0 Å². The zero-order chi connectivity index (χ0) is 54.9. The number of aliphatic hydroxyl groups excluding tert-OH is 1.